The molecule has 0 unspecified atom stereocenters. The van der Waals surface area contributed by atoms with Gasteiger partial charge >= 0.3 is 6.03 Å². The molecule has 2 amide bonds. The van der Waals surface area contributed by atoms with E-state index in [1.807, 2.05) is 24.8 Å². The van der Waals surface area contributed by atoms with Crippen molar-refractivity contribution in [2.75, 3.05) is 13.1 Å². The molecule has 3 nitrogen and oxygen atoms in total. The summed E-state index contributed by atoms with van der Waals surface area (Å²) < 4.78 is 0. The number of carbonyl (C=O) groups is 1. The van der Waals surface area contributed by atoms with Crippen molar-refractivity contribution in [2.24, 2.45) is 0 Å². The zero-order valence-electron chi connectivity index (χ0n) is 12.6. The molecular formula is C16H26N2O. The number of benzene rings is 1. The first-order valence-corrected chi connectivity index (χ1v) is 7.09. The minimum absolute atomic E-state index is 0.0306. The van der Waals surface area contributed by atoms with Crippen molar-refractivity contribution in [3.8, 4) is 0 Å². The average Bonchev–Trinajstić information content (AvgIpc) is 2.38. The third-order valence-electron chi connectivity index (χ3n) is 3.38. The molecule has 0 aliphatic carbocycles. The number of hydrogen-bond donors (Lipinski definition) is 1. The van der Waals surface area contributed by atoms with Crippen LogP contribution in [0.1, 0.15) is 39.7 Å². The van der Waals surface area contributed by atoms with Crippen molar-refractivity contribution in [3.63, 3.8) is 0 Å². The van der Waals surface area contributed by atoms with Gasteiger partial charge < -0.3 is 10.2 Å². The van der Waals surface area contributed by atoms with Crippen molar-refractivity contribution >= 4 is 6.03 Å². The zero-order valence-corrected chi connectivity index (χ0v) is 12.6. The van der Waals surface area contributed by atoms with Crippen LogP contribution in [0, 0.1) is 0 Å². The van der Waals surface area contributed by atoms with E-state index in [-0.39, 0.29) is 11.6 Å². The molecule has 1 aromatic rings. The smallest absolute Gasteiger partial charge is 0.317 e. The van der Waals surface area contributed by atoms with Gasteiger partial charge in [-0.25, -0.2) is 4.79 Å². The first kappa shape index (κ1) is 15.5. The van der Waals surface area contributed by atoms with E-state index in [2.05, 4.69) is 43.4 Å². The predicted molar refractivity (Wildman–Crippen MR) is 80.3 cm³/mol. The van der Waals surface area contributed by atoms with Crippen LogP contribution in [0.4, 0.5) is 4.79 Å². The van der Waals surface area contributed by atoms with E-state index in [1.165, 1.54) is 5.56 Å². The maximum Gasteiger partial charge on any atom is 0.317 e. The SMILES string of the molecule is CCN(CC)C(=O)NC(C)(C)CCc1ccccc1. The Balaban J connectivity index is 2.49. The maximum atomic E-state index is 12.0. The second-order valence-electron chi connectivity index (χ2n) is 5.47. The molecule has 3 heteroatoms. The molecule has 0 radical (unpaired) electrons. The van der Waals surface area contributed by atoms with Gasteiger partial charge in [-0.2, -0.15) is 0 Å². The lowest BCUT2D eigenvalue weighted by Crippen LogP contribution is -2.50. The molecule has 0 heterocycles. The molecular weight excluding hydrogens is 236 g/mol. The van der Waals surface area contributed by atoms with Gasteiger partial charge in [0.05, 0.1) is 0 Å². The van der Waals surface area contributed by atoms with Crippen LogP contribution in [-0.4, -0.2) is 29.6 Å². The minimum atomic E-state index is -0.185. The molecule has 1 rings (SSSR count). The highest BCUT2D eigenvalue weighted by molar-refractivity contribution is 5.74. The summed E-state index contributed by atoms with van der Waals surface area (Å²) in [5, 5.41) is 3.12. The Labute approximate surface area is 117 Å². The van der Waals surface area contributed by atoms with Gasteiger partial charge in [-0.1, -0.05) is 30.3 Å². The third kappa shape index (κ3) is 5.33. The van der Waals surface area contributed by atoms with Crippen LogP contribution >= 0.6 is 0 Å². The Morgan fingerprint density at radius 2 is 1.74 bits per heavy atom. The summed E-state index contributed by atoms with van der Waals surface area (Å²) in [7, 11) is 0. The van der Waals surface area contributed by atoms with Crippen LogP contribution < -0.4 is 5.32 Å². The molecule has 106 valence electrons. The van der Waals surface area contributed by atoms with Gasteiger partial charge in [0, 0.05) is 18.6 Å². The predicted octanol–water partition coefficient (Wildman–Crippen LogP) is 3.45. The van der Waals surface area contributed by atoms with Crippen LogP contribution in [0.5, 0.6) is 0 Å². The lowest BCUT2D eigenvalue weighted by atomic mass is 9.95. The molecule has 0 fully saturated rings. The molecule has 0 aromatic heterocycles. The topological polar surface area (TPSA) is 32.3 Å². The third-order valence-corrected chi connectivity index (χ3v) is 3.38. The molecule has 0 aliphatic heterocycles. The lowest BCUT2D eigenvalue weighted by molar-refractivity contribution is 0.190. The standard InChI is InChI=1S/C16H26N2O/c1-5-18(6-2)15(19)17-16(3,4)13-12-14-10-8-7-9-11-14/h7-11H,5-6,12-13H2,1-4H3,(H,17,19). The van der Waals surface area contributed by atoms with E-state index in [1.54, 1.807) is 0 Å². The van der Waals surface area contributed by atoms with Gasteiger partial charge in [-0.15, -0.1) is 0 Å². The fourth-order valence-electron chi connectivity index (χ4n) is 2.04. The zero-order chi connectivity index (χ0) is 14.3. The summed E-state index contributed by atoms with van der Waals surface area (Å²) in [6.45, 7) is 9.66. The van der Waals surface area contributed by atoms with Gasteiger partial charge in [-0.3, -0.25) is 0 Å². The first-order valence-electron chi connectivity index (χ1n) is 7.09. The average molecular weight is 262 g/mol. The molecule has 0 bridgehead atoms. The van der Waals surface area contributed by atoms with Gasteiger partial charge in [0.25, 0.3) is 0 Å². The highest BCUT2D eigenvalue weighted by Gasteiger charge is 2.22. The normalized spacial score (nSPS) is 11.2. The highest BCUT2D eigenvalue weighted by Crippen LogP contribution is 2.14. The maximum absolute atomic E-state index is 12.0. The van der Waals surface area contributed by atoms with Crippen molar-refractivity contribution in [1.29, 1.82) is 0 Å². The molecule has 0 atom stereocenters. The summed E-state index contributed by atoms with van der Waals surface area (Å²) in [6, 6.07) is 10.4. The summed E-state index contributed by atoms with van der Waals surface area (Å²) >= 11 is 0. The van der Waals surface area contributed by atoms with Crippen LogP contribution in [0.25, 0.3) is 0 Å². The number of carbonyl (C=O) groups excluding carboxylic acids is 1. The lowest BCUT2D eigenvalue weighted by Gasteiger charge is -2.30. The Kier molecular flexibility index (Phi) is 5.87. The van der Waals surface area contributed by atoms with Crippen molar-refractivity contribution in [3.05, 3.63) is 35.9 Å². The highest BCUT2D eigenvalue weighted by atomic mass is 16.2. The summed E-state index contributed by atoms with van der Waals surface area (Å²) in [5.74, 6) is 0. The quantitative estimate of drug-likeness (QED) is 0.836. The molecule has 0 saturated heterocycles. The second kappa shape index (κ2) is 7.17. The summed E-state index contributed by atoms with van der Waals surface area (Å²) in [5.41, 5.74) is 1.13. The summed E-state index contributed by atoms with van der Waals surface area (Å²) in [6.07, 6.45) is 1.91. The molecule has 19 heavy (non-hydrogen) atoms. The fourth-order valence-corrected chi connectivity index (χ4v) is 2.04. The second-order valence-corrected chi connectivity index (χ2v) is 5.47. The fraction of sp³-hybridized carbons (Fsp3) is 0.562. The summed E-state index contributed by atoms with van der Waals surface area (Å²) in [4.78, 5) is 13.9. The van der Waals surface area contributed by atoms with Crippen LogP contribution in [0.3, 0.4) is 0 Å². The minimum Gasteiger partial charge on any atom is -0.333 e. The van der Waals surface area contributed by atoms with E-state index in [0.717, 1.165) is 25.9 Å². The van der Waals surface area contributed by atoms with Crippen LogP contribution in [0.15, 0.2) is 30.3 Å². The molecule has 1 N–H and O–H groups in total. The largest absolute Gasteiger partial charge is 0.333 e. The van der Waals surface area contributed by atoms with E-state index in [4.69, 9.17) is 0 Å². The van der Waals surface area contributed by atoms with Gasteiger partial charge in [0.1, 0.15) is 0 Å². The molecule has 1 aromatic carbocycles. The molecule has 0 aliphatic rings. The molecule has 0 saturated carbocycles. The number of amides is 2. The van der Waals surface area contributed by atoms with E-state index in [0.29, 0.717) is 0 Å². The van der Waals surface area contributed by atoms with Gasteiger partial charge in [0.2, 0.25) is 0 Å². The van der Waals surface area contributed by atoms with Gasteiger partial charge in [-0.05, 0) is 46.1 Å². The van der Waals surface area contributed by atoms with Gasteiger partial charge in [0.15, 0.2) is 0 Å². The molecule has 0 spiro atoms. The number of hydrogen-bond acceptors (Lipinski definition) is 1. The van der Waals surface area contributed by atoms with Crippen LogP contribution in [0.2, 0.25) is 0 Å². The number of rotatable bonds is 6. The number of nitrogens with zero attached hydrogens (tertiary/aromatic N) is 1. The van der Waals surface area contributed by atoms with Crippen LogP contribution in [-0.2, 0) is 6.42 Å². The van der Waals surface area contributed by atoms with E-state index in [9.17, 15) is 4.79 Å². The number of aryl methyl sites for hydroxylation is 1. The monoisotopic (exact) mass is 262 g/mol. The van der Waals surface area contributed by atoms with Crippen molar-refractivity contribution in [2.45, 2.75) is 46.1 Å². The Morgan fingerprint density at radius 3 is 2.26 bits per heavy atom. The first-order chi connectivity index (χ1) is 8.98. The Bertz CT molecular complexity index is 383. The van der Waals surface area contributed by atoms with Crippen molar-refractivity contribution < 1.29 is 4.79 Å². The van der Waals surface area contributed by atoms with E-state index < -0.39 is 0 Å². The Morgan fingerprint density at radius 1 is 1.16 bits per heavy atom. The number of nitrogens with one attached hydrogen (secondary N) is 1. The Hall–Kier alpha value is -1.51. The number of urea groups is 1. The van der Waals surface area contributed by atoms with E-state index >= 15 is 0 Å². The van der Waals surface area contributed by atoms with Crippen molar-refractivity contribution in [1.82, 2.24) is 10.2 Å².